The van der Waals surface area contributed by atoms with Crippen LogP contribution in [0.15, 0.2) is 30.6 Å². The van der Waals surface area contributed by atoms with Crippen molar-refractivity contribution in [2.24, 2.45) is 0 Å². The number of carbonyl (C=O) groups is 2. The number of nitrogens with one attached hydrogen (secondary N) is 1. The first-order valence-electron chi connectivity index (χ1n) is 14.2. The summed E-state index contributed by atoms with van der Waals surface area (Å²) in [5, 5.41) is 13.1. The van der Waals surface area contributed by atoms with Crippen molar-refractivity contribution in [3.63, 3.8) is 0 Å². The molecule has 2 aromatic heterocycles. The maximum absolute atomic E-state index is 12.7. The molecule has 3 aromatic rings. The highest BCUT2D eigenvalue weighted by Crippen LogP contribution is 2.32. The molecule has 0 bridgehead atoms. The maximum Gasteiger partial charge on any atom is 0.435 e. The first-order chi connectivity index (χ1) is 18.8. The van der Waals surface area contributed by atoms with Crippen molar-refractivity contribution in [3.8, 4) is 11.3 Å². The molecule has 218 valence electrons. The number of alkyl carbamates (subject to hydrolysis) is 1. The van der Waals surface area contributed by atoms with Gasteiger partial charge in [-0.25, -0.2) is 9.59 Å². The third-order valence-electron chi connectivity index (χ3n) is 6.77. The van der Waals surface area contributed by atoms with Crippen LogP contribution in [0, 0.1) is 0 Å². The Morgan fingerprint density at radius 2 is 1.75 bits per heavy atom. The van der Waals surface area contributed by atoms with Gasteiger partial charge < -0.3 is 19.7 Å². The molecule has 10 nitrogen and oxygen atoms in total. The van der Waals surface area contributed by atoms with Crippen LogP contribution in [0.2, 0.25) is 0 Å². The Bertz CT molecular complexity index is 1320. The Morgan fingerprint density at radius 1 is 1.05 bits per heavy atom. The molecule has 1 amide bonds. The quantitative estimate of drug-likeness (QED) is 0.375. The molecule has 1 saturated carbocycles. The van der Waals surface area contributed by atoms with E-state index in [1.165, 1.54) is 23.9 Å². The lowest BCUT2D eigenvalue weighted by molar-refractivity contribution is 0.0511. The van der Waals surface area contributed by atoms with Gasteiger partial charge in [0.15, 0.2) is 0 Å². The Balaban J connectivity index is 1.54. The van der Waals surface area contributed by atoms with Crippen molar-refractivity contribution in [1.29, 1.82) is 0 Å². The van der Waals surface area contributed by atoms with Crippen molar-refractivity contribution in [2.45, 2.75) is 97.4 Å². The van der Waals surface area contributed by atoms with E-state index in [2.05, 4.69) is 26.2 Å². The van der Waals surface area contributed by atoms with Crippen LogP contribution >= 0.6 is 0 Å². The van der Waals surface area contributed by atoms with E-state index in [0.29, 0.717) is 31.2 Å². The molecule has 1 N–H and O–H groups in total. The lowest BCUT2D eigenvalue weighted by Gasteiger charge is -2.22. The summed E-state index contributed by atoms with van der Waals surface area (Å²) < 4.78 is 14.3. The van der Waals surface area contributed by atoms with Crippen LogP contribution in [-0.2, 0) is 16.0 Å². The van der Waals surface area contributed by atoms with E-state index in [-0.39, 0.29) is 0 Å². The smallest absolute Gasteiger partial charge is 0.435 e. The number of amides is 1. The van der Waals surface area contributed by atoms with Gasteiger partial charge in [0.1, 0.15) is 11.2 Å². The summed E-state index contributed by atoms with van der Waals surface area (Å²) in [6, 6.07) is 6.33. The topological polar surface area (TPSA) is 104 Å². The van der Waals surface area contributed by atoms with Crippen LogP contribution in [0.25, 0.3) is 22.2 Å². The summed E-state index contributed by atoms with van der Waals surface area (Å²) >= 11 is 0. The Morgan fingerprint density at radius 3 is 2.42 bits per heavy atom. The number of likely N-dealkylation sites (N-methyl/N-ethyl adjacent to an activating group) is 1. The Labute approximate surface area is 237 Å². The molecule has 40 heavy (non-hydrogen) atoms. The summed E-state index contributed by atoms with van der Waals surface area (Å²) in [6.07, 6.45) is 8.96. The lowest BCUT2D eigenvalue weighted by Crippen LogP contribution is -2.36. The molecule has 2 heterocycles. The number of rotatable bonds is 7. The largest absolute Gasteiger partial charge is 0.444 e. The van der Waals surface area contributed by atoms with Gasteiger partial charge in [0, 0.05) is 42.3 Å². The number of carbonyl (C=O) groups excluding carboxylic acids is 2. The Kier molecular flexibility index (Phi) is 8.87. The van der Waals surface area contributed by atoms with E-state index in [4.69, 9.17) is 14.6 Å². The molecule has 1 aromatic carbocycles. The van der Waals surface area contributed by atoms with Crippen LogP contribution in [-0.4, -0.2) is 68.0 Å². The average molecular weight is 553 g/mol. The highest BCUT2D eigenvalue weighted by atomic mass is 16.6. The molecule has 10 heteroatoms. The SMILES string of the molecule is CN(CCNC(=O)OC(C)(C)C)Cc1cn(C2CCCCC2)nc1-c1ccc2c(cnn2C(=O)OC(C)(C)C)c1. The summed E-state index contributed by atoms with van der Waals surface area (Å²) in [4.78, 5) is 26.9. The van der Waals surface area contributed by atoms with Crippen molar-refractivity contribution < 1.29 is 19.1 Å². The lowest BCUT2D eigenvalue weighted by atomic mass is 9.96. The second-order valence-corrected chi connectivity index (χ2v) is 12.8. The maximum atomic E-state index is 12.7. The predicted molar refractivity (Wildman–Crippen MR) is 155 cm³/mol. The average Bonchev–Trinajstić information content (AvgIpc) is 3.46. The molecule has 1 aliphatic carbocycles. The number of benzene rings is 1. The minimum Gasteiger partial charge on any atom is -0.444 e. The molecular weight excluding hydrogens is 508 g/mol. The third-order valence-corrected chi connectivity index (χ3v) is 6.77. The second kappa shape index (κ2) is 12.0. The van der Waals surface area contributed by atoms with E-state index in [1.807, 2.05) is 66.8 Å². The summed E-state index contributed by atoms with van der Waals surface area (Å²) in [5.74, 6) is 0. The van der Waals surface area contributed by atoms with E-state index < -0.39 is 23.4 Å². The molecule has 0 spiro atoms. The van der Waals surface area contributed by atoms with Crippen molar-refractivity contribution in [2.75, 3.05) is 20.1 Å². The van der Waals surface area contributed by atoms with E-state index >= 15 is 0 Å². The fraction of sp³-hybridized carbons (Fsp3) is 0.600. The zero-order valence-corrected chi connectivity index (χ0v) is 25.0. The minimum atomic E-state index is -0.607. The van der Waals surface area contributed by atoms with Crippen molar-refractivity contribution in [3.05, 3.63) is 36.2 Å². The number of nitrogens with zero attached hydrogens (tertiary/aromatic N) is 5. The fourth-order valence-electron chi connectivity index (χ4n) is 4.98. The first kappa shape index (κ1) is 29.6. The molecule has 1 aliphatic rings. The zero-order chi connectivity index (χ0) is 29.1. The fourth-order valence-corrected chi connectivity index (χ4v) is 4.98. The molecular formula is C30H44N6O4. The first-order valence-corrected chi connectivity index (χ1v) is 14.2. The summed E-state index contributed by atoms with van der Waals surface area (Å²) in [7, 11) is 2.03. The van der Waals surface area contributed by atoms with Crippen LogP contribution in [0.1, 0.15) is 85.3 Å². The molecule has 4 rings (SSSR count). The van der Waals surface area contributed by atoms with Crippen LogP contribution in [0.5, 0.6) is 0 Å². The van der Waals surface area contributed by atoms with Crippen LogP contribution in [0.4, 0.5) is 9.59 Å². The number of fused-ring (bicyclic) bond motifs is 1. The van der Waals surface area contributed by atoms with Gasteiger partial charge in [0.25, 0.3) is 0 Å². The van der Waals surface area contributed by atoms with E-state index in [0.717, 1.165) is 35.0 Å². The minimum absolute atomic E-state index is 0.402. The molecule has 0 saturated heterocycles. The third kappa shape index (κ3) is 7.84. The van der Waals surface area contributed by atoms with Crippen LogP contribution in [0.3, 0.4) is 0 Å². The van der Waals surface area contributed by atoms with Gasteiger partial charge in [-0.15, -0.1) is 0 Å². The zero-order valence-electron chi connectivity index (χ0n) is 25.0. The summed E-state index contributed by atoms with van der Waals surface area (Å²) in [6.45, 7) is 12.9. The number of hydrogen-bond acceptors (Lipinski definition) is 7. The molecule has 0 atom stereocenters. The van der Waals surface area contributed by atoms with Gasteiger partial charge in [-0.3, -0.25) is 4.68 Å². The monoisotopic (exact) mass is 552 g/mol. The van der Waals surface area contributed by atoms with Crippen LogP contribution < -0.4 is 5.32 Å². The standard InChI is InChI=1S/C30H44N6O4/c1-29(2,3)39-27(37)31-15-16-34(7)19-23-20-35(24-11-9-8-10-12-24)33-26(23)21-13-14-25-22(17-21)18-32-36(25)28(38)40-30(4,5)6/h13-14,17-18,20,24H,8-12,15-16,19H2,1-7H3,(H,31,37). The molecule has 0 radical (unpaired) electrons. The van der Waals surface area contributed by atoms with Crippen molar-refractivity contribution in [1.82, 2.24) is 29.8 Å². The highest BCUT2D eigenvalue weighted by Gasteiger charge is 2.23. The van der Waals surface area contributed by atoms with Gasteiger partial charge in [0.2, 0.25) is 0 Å². The molecule has 0 unspecified atom stereocenters. The van der Waals surface area contributed by atoms with Gasteiger partial charge in [-0.2, -0.15) is 14.9 Å². The highest BCUT2D eigenvalue weighted by molar-refractivity contribution is 5.90. The van der Waals surface area contributed by atoms with E-state index in [1.54, 1.807) is 6.20 Å². The number of hydrogen-bond donors (Lipinski definition) is 1. The van der Waals surface area contributed by atoms with Gasteiger partial charge in [0.05, 0.1) is 23.4 Å². The summed E-state index contributed by atoms with van der Waals surface area (Å²) in [5.41, 5.74) is 2.57. The predicted octanol–water partition coefficient (Wildman–Crippen LogP) is 6.14. The molecule has 0 aliphatic heterocycles. The number of aromatic nitrogens is 4. The Hall–Kier alpha value is -3.40. The molecule has 1 fully saturated rings. The van der Waals surface area contributed by atoms with E-state index in [9.17, 15) is 9.59 Å². The van der Waals surface area contributed by atoms with Gasteiger partial charge >= 0.3 is 12.2 Å². The second-order valence-electron chi connectivity index (χ2n) is 12.8. The normalized spacial score (nSPS) is 15.0. The number of ether oxygens (including phenoxy) is 2. The van der Waals surface area contributed by atoms with Crippen molar-refractivity contribution >= 4 is 23.1 Å². The van der Waals surface area contributed by atoms with Gasteiger partial charge in [-0.05, 0) is 73.6 Å². The van der Waals surface area contributed by atoms with Gasteiger partial charge in [-0.1, -0.05) is 25.3 Å².